The van der Waals surface area contributed by atoms with Crippen LogP contribution in [-0.2, 0) is 4.79 Å². The number of carbonyl (C=O) groups excluding carboxylic acids is 1. The van der Waals surface area contributed by atoms with E-state index in [2.05, 4.69) is 0 Å². The number of hydrogen-bond acceptors (Lipinski definition) is 3. The lowest BCUT2D eigenvalue weighted by Gasteiger charge is -2.34. The first-order valence-electron chi connectivity index (χ1n) is 3.78. The maximum absolute atomic E-state index is 10.8. The minimum Gasteiger partial charge on any atom is -0.376 e. The lowest BCUT2D eigenvalue weighted by atomic mass is 10.0. The lowest BCUT2D eigenvalue weighted by Crippen LogP contribution is -2.51. The standard InChI is InChI=1S/C7H14N2O2/c1-6(10)9-4-2-7(8,11)3-5-9/h11H,2-5,8H2,1H3. The maximum atomic E-state index is 10.8. The Bertz CT molecular complexity index is 158. The molecular weight excluding hydrogens is 144 g/mol. The van der Waals surface area contributed by atoms with E-state index >= 15 is 0 Å². The van der Waals surface area contributed by atoms with Crippen LogP contribution in [0.3, 0.4) is 0 Å². The number of hydrogen-bond donors (Lipinski definition) is 2. The Morgan fingerprint density at radius 1 is 1.55 bits per heavy atom. The van der Waals surface area contributed by atoms with Gasteiger partial charge >= 0.3 is 0 Å². The summed E-state index contributed by atoms with van der Waals surface area (Å²) in [7, 11) is 0. The largest absolute Gasteiger partial charge is 0.376 e. The highest BCUT2D eigenvalue weighted by Gasteiger charge is 2.28. The van der Waals surface area contributed by atoms with Crippen molar-refractivity contribution < 1.29 is 9.90 Å². The Kier molecular flexibility index (Phi) is 2.15. The molecule has 0 unspecified atom stereocenters. The lowest BCUT2D eigenvalue weighted by molar-refractivity contribution is -0.132. The van der Waals surface area contributed by atoms with Crippen LogP contribution in [0.5, 0.6) is 0 Å². The van der Waals surface area contributed by atoms with E-state index in [1.165, 1.54) is 6.92 Å². The zero-order chi connectivity index (χ0) is 8.48. The highest BCUT2D eigenvalue weighted by molar-refractivity contribution is 5.73. The summed E-state index contributed by atoms with van der Waals surface area (Å²) >= 11 is 0. The predicted octanol–water partition coefficient (Wildman–Crippen LogP) is -0.724. The molecule has 4 nitrogen and oxygen atoms in total. The van der Waals surface area contributed by atoms with E-state index in [1.807, 2.05) is 0 Å². The minimum atomic E-state index is -1.05. The molecule has 1 aliphatic rings. The van der Waals surface area contributed by atoms with Gasteiger partial charge in [0.25, 0.3) is 0 Å². The van der Waals surface area contributed by atoms with E-state index in [1.54, 1.807) is 4.90 Å². The van der Waals surface area contributed by atoms with Crippen LogP contribution < -0.4 is 5.73 Å². The fourth-order valence-corrected chi connectivity index (χ4v) is 1.21. The average molecular weight is 158 g/mol. The van der Waals surface area contributed by atoms with Crippen LogP contribution in [0.15, 0.2) is 0 Å². The van der Waals surface area contributed by atoms with Gasteiger partial charge in [-0.1, -0.05) is 0 Å². The van der Waals surface area contributed by atoms with Gasteiger partial charge in [0.2, 0.25) is 5.91 Å². The Morgan fingerprint density at radius 3 is 2.36 bits per heavy atom. The summed E-state index contributed by atoms with van der Waals surface area (Å²) in [6, 6.07) is 0. The number of carbonyl (C=O) groups is 1. The van der Waals surface area contributed by atoms with Gasteiger partial charge in [0, 0.05) is 32.9 Å². The van der Waals surface area contributed by atoms with Crippen molar-refractivity contribution in [3.05, 3.63) is 0 Å². The zero-order valence-corrected chi connectivity index (χ0v) is 6.71. The van der Waals surface area contributed by atoms with E-state index < -0.39 is 5.72 Å². The molecule has 0 spiro atoms. The number of likely N-dealkylation sites (tertiary alicyclic amines) is 1. The molecule has 1 heterocycles. The topological polar surface area (TPSA) is 66.6 Å². The van der Waals surface area contributed by atoms with Crippen LogP contribution in [0.25, 0.3) is 0 Å². The second-order valence-corrected chi connectivity index (χ2v) is 3.11. The van der Waals surface area contributed by atoms with Gasteiger partial charge in [0.05, 0.1) is 0 Å². The first-order chi connectivity index (χ1) is 5.01. The molecule has 0 radical (unpaired) electrons. The summed E-state index contributed by atoms with van der Waals surface area (Å²) in [6.07, 6.45) is 0.958. The normalized spacial score (nSPS) is 23.4. The number of aliphatic hydroxyl groups is 1. The number of nitrogens with zero attached hydrogens (tertiary/aromatic N) is 1. The second kappa shape index (κ2) is 2.79. The molecule has 1 saturated heterocycles. The van der Waals surface area contributed by atoms with Crippen LogP contribution in [-0.4, -0.2) is 34.7 Å². The van der Waals surface area contributed by atoms with Crippen LogP contribution >= 0.6 is 0 Å². The first kappa shape index (κ1) is 8.49. The molecule has 3 N–H and O–H groups in total. The highest BCUT2D eigenvalue weighted by Crippen LogP contribution is 2.15. The van der Waals surface area contributed by atoms with Gasteiger partial charge in [-0.15, -0.1) is 0 Å². The van der Waals surface area contributed by atoms with Crippen molar-refractivity contribution >= 4 is 5.91 Å². The summed E-state index contributed by atoms with van der Waals surface area (Å²) in [4.78, 5) is 12.5. The zero-order valence-electron chi connectivity index (χ0n) is 6.71. The monoisotopic (exact) mass is 158 g/mol. The van der Waals surface area contributed by atoms with Crippen molar-refractivity contribution in [2.75, 3.05) is 13.1 Å². The number of rotatable bonds is 0. The molecule has 1 rings (SSSR count). The van der Waals surface area contributed by atoms with E-state index in [-0.39, 0.29) is 5.91 Å². The van der Waals surface area contributed by atoms with Crippen molar-refractivity contribution in [1.82, 2.24) is 4.90 Å². The van der Waals surface area contributed by atoms with Crippen LogP contribution in [0.4, 0.5) is 0 Å². The van der Waals surface area contributed by atoms with Crippen molar-refractivity contribution in [2.45, 2.75) is 25.5 Å². The molecule has 1 amide bonds. The highest BCUT2D eigenvalue weighted by atomic mass is 16.3. The van der Waals surface area contributed by atoms with Gasteiger partial charge < -0.3 is 15.7 Å². The molecule has 4 heteroatoms. The molecule has 0 bridgehead atoms. The van der Waals surface area contributed by atoms with Crippen LogP contribution in [0.2, 0.25) is 0 Å². The third-order valence-electron chi connectivity index (χ3n) is 2.07. The Balaban J connectivity index is 2.42. The van der Waals surface area contributed by atoms with E-state index in [0.717, 1.165) is 0 Å². The molecule has 0 aromatic heterocycles. The molecule has 0 aliphatic carbocycles. The van der Waals surface area contributed by atoms with Crippen molar-refractivity contribution in [2.24, 2.45) is 5.73 Å². The number of amides is 1. The third-order valence-corrected chi connectivity index (χ3v) is 2.07. The fraction of sp³-hybridized carbons (Fsp3) is 0.857. The van der Waals surface area contributed by atoms with Gasteiger partial charge in [0.1, 0.15) is 5.72 Å². The van der Waals surface area contributed by atoms with Crippen molar-refractivity contribution in [3.8, 4) is 0 Å². The Hall–Kier alpha value is -0.610. The predicted molar refractivity (Wildman–Crippen MR) is 40.6 cm³/mol. The summed E-state index contributed by atoms with van der Waals surface area (Å²) < 4.78 is 0. The quantitative estimate of drug-likeness (QED) is 0.457. The van der Waals surface area contributed by atoms with Gasteiger partial charge in [-0.05, 0) is 0 Å². The minimum absolute atomic E-state index is 0.0560. The molecule has 64 valence electrons. The van der Waals surface area contributed by atoms with Crippen LogP contribution in [0.1, 0.15) is 19.8 Å². The van der Waals surface area contributed by atoms with Gasteiger partial charge in [0.15, 0.2) is 0 Å². The summed E-state index contributed by atoms with van der Waals surface area (Å²) in [6.45, 7) is 2.67. The molecule has 0 aromatic carbocycles. The molecule has 0 aromatic rings. The van der Waals surface area contributed by atoms with Crippen molar-refractivity contribution in [1.29, 1.82) is 0 Å². The molecular formula is C7H14N2O2. The van der Waals surface area contributed by atoms with Crippen molar-refractivity contribution in [3.63, 3.8) is 0 Å². The van der Waals surface area contributed by atoms with Crippen LogP contribution in [0, 0.1) is 0 Å². The second-order valence-electron chi connectivity index (χ2n) is 3.11. The summed E-state index contributed by atoms with van der Waals surface area (Å²) in [5.74, 6) is 0.0560. The fourth-order valence-electron chi connectivity index (χ4n) is 1.21. The van der Waals surface area contributed by atoms with E-state index in [4.69, 9.17) is 5.73 Å². The van der Waals surface area contributed by atoms with E-state index in [9.17, 15) is 9.90 Å². The average Bonchev–Trinajstić information content (AvgIpc) is 1.86. The van der Waals surface area contributed by atoms with Gasteiger partial charge in [-0.3, -0.25) is 4.79 Å². The maximum Gasteiger partial charge on any atom is 0.219 e. The Labute approximate surface area is 66.0 Å². The van der Waals surface area contributed by atoms with Gasteiger partial charge in [-0.2, -0.15) is 0 Å². The summed E-state index contributed by atoms with van der Waals surface area (Å²) in [5.41, 5.74) is 4.41. The van der Waals surface area contributed by atoms with Gasteiger partial charge in [-0.25, -0.2) is 0 Å². The smallest absolute Gasteiger partial charge is 0.219 e. The molecule has 11 heavy (non-hydrogen) atoms. The SMILES string of the molecule is CC(=O)N1CCC(N)(O)CC1. The number of nitrogens with two attached hydrogens (primary N) is 1. The summed E-state index contributed by atoms with van der Waals surface area (Å²) in [5, 5.41) is 9.31. The molecule has 0 atom stereocenters. The number of piperidine rings is 1. The Morgan fingerprint density at radius 2 is 2.00 bits per heavy atom. The first-order valence-corrected chi connectivity index (χ1v) is 3.78. The third kappa shape index (κ3) is 2.17. The van der Waals surface area contributed by atoms with E-state index in [0.29, 0.717) is 25.9 Å². The molecule has 0 saturated carbocycles. The molecule has 1 fully saturated rings. The molecule has 1 aliphatic heterocycles.